The van der Waals surface area contributed by atoms with Gasteiger partial charge in [-0.3, -0.25) is 4.21 Å². The van der Waals surface area contributed by atoms with Gasteiger partial charge in [0.1, 0.15) is 0 Å². The van der Waals surface area contributed by atoms with Gasteiger partial charge in [0, 0.05) is 4.90 Å². The molecule has 0 aliphatic carbocycles. The summed E-state index contributed by atoms with van der Waals surface area (Å²) in [5.41, 5.74) is -2.41. The Morgan fingerprint density at radius 1 is 1.20 bits per heavy atom. The summed E-state index contributed by atoms with van der Waals surface area (Å²) in [6.07, 6.45) is -6.32. The second-order valence-electron chi connectivity index (χ2n) is 2.84. The van der Waals surface area contributed by atoms with Crippen LogP contribution in [-0.4, -0.2) is 15.9 Å². The molecular weight excluding hydrogens is 232 g/mol. The van der Waals surface area contributed by atoms with Crippen LogP contribution in [0.25, 0.3) is 0 Å². The molecule has 1 nitrogen and oxygen atoms in total. The molecule has 1 aromatic carbocycles. The van der Waals surface area contributed by atoms with Gasteiger partial charge in [0.25, 0.3) is 0 Å². The van der Waals surface area contributed by atoms with E-state index in [1.807, 2.05) is 0 Å². The van der Waals surface area contributed by atoms with Gasteiger partial charge in [0.15, 0.2) is 5.50 Å². The van der Waals surface area contributed by atoms with Gasteiger partial charge in [-0.1, -0.05) is 18.2 Å². The molecule has 0 radical (unpaired) electrons. The Morgan fingerprint density at radius 2 is 1.73 bits per heavy atom. The van der Waals surface area contributed by atoms with E-state index in [0.29, 0.717) is 0 Å². The van der Waals surface area contributed by atoms with E-state index in [4.69, 9.17) is 0 Å². The summed E-state index contributed by atoms with van der Waals surface area (Å²) in [4.78, 5) is 0.0641. The van der Waals surface area contributed by atoms with Crippen LogP contribution in [0.4, 0.5) is 17.6 Å². The number of benzene rings is 1. The van der Waals surface area contributed by atoms with Crippen molar-refractivity contribution >= 4 is 10.8 Å². The number of alkyl halides is 4. The molecular formula is C9H8F4OS. The molecule has 0 saturated heterocycles. The third-order valence-corrected chi connectivity index (χ3v) is 2.97. The molecule has 0 aliphatic rings. The molecule has 15 heavy (non-hydrogen) atoms. The second kappa shape index (κ2) is 4.74. The largest absolute Gasteiger partial charge is 0.392 e. The first-order valence-electron chi connectivity index (χ1n) is 4.06. The Labute approximate surface area is 86.6 Å². The van der Waals surface area contributed by atoms with Crippen molar-refractivity contribution in [2.24, 2.45) is 0 Å². The molecule has 1 rings (SSSR count). The normalized spacial score (nSPS) is 16.0. The highest BCUT2D eigenvalue weighted by molar-refractivity contribution is 7.85. The number of hydrogen-bond acceptors (Lipinski definition) is 1. The molecule has 2 atom stereocenters. The Morgan fingerprint density at radius 3 is 2.20 bits per heavy atom. The maximum Gasteiger partial charge on any atom is 0.392 e. The maximum absolute atomic E-state index is 13.0. The first kappa shape index (κ1) is 12.2. The fraction of sp³-hybridized carbons (Fsp3) is 0.333. The van der Waals surface area contributed by atoms with Crippen molar-refractivity contribution < 1.29 is 21.8 Å². The van der Waals surface area contributed by atoms with Gasteiger partial charge >= 0.3 is 6.18 Å². The third kappa shape index (κ3) is 3.99. The molecule has 6 heteroatoms. The smallest absolute Gasteiger partial charge is 0.251 e. The van der Waals surface area contributed by atoms with Crippen LogP contribution in [0.5, 0.6) is 0 Å². The highest BCUT2D eigenvalue weighted by Crippen LogP contribution is 2.26. The summed E-state index contributed by atoms with van der Waals surface area (Å²) < 4.78 is 59.6. The average Bonchev–Trinajstić information content (AvgIpc) is 2.15. The highest BCUT2D eigenvalue weighted by atomic mass is 32.2. The summed E-state index contributed by atoms with van der Waals surface area (Å²) in [5, 5.41) is 0. The molecule has 0 aromatic heterocycles. The maximum atomic E-state index is 13.0. The van der Waals surface area contributed by atoms with E-state index in [1.165, 1.54) is 24.3 Å². The topological polar surface area (TPSA) is 17.1 Å². The fourth-order valence-electron chi connectivity index (χ4n) is 0.960. The van der Waals surface area contributed by atoms with Crippen LogP contribution in [0.1, 0.15) is 6.42 Å². The standard InChI is InChI=1S/C9H8F4OS/c10-8(6-9(11,12)13)15(14)7-4-2-1-3-5-7/h1-5,8H,6H2. The van der Waals surface area contributed by atoms with E-state index in [2.05, 4.69) is 0 Å². The lowest BCUT2D eigenvalue weighted by atomic mass is 10.4. The lowest BCUT2D eigenvalue weighted by Gasteiger charge is -2.10. The summed E-state index contributed by atoms with van der Waals surface area (Å²) in [5.74, 6) is 0. The monoisotopic (exact) mass is 240 g/mol. The SMILES string of the molecule is O=S(c1ccccc1)C(F)CC(F)(F)F. The number of halogens is 4. The lowest BCUT2D eigenvalue weighted by Crippen LogP contribution is -2.20. The average molecular weight is 240 g/mol. The highest BCUT2D eigenvalue weighted by Gasteiger charge is 2.35. The summed E-state index contributed by atoms with van der Waals surface area (Å²) in [6.45, 7) is 0. The molecule has 0 fully saturated rings. The van der Waals surface area contributed by atoms with Crippen LogP contribution in [0.2, 0.25) is 0 Å². The molecule has 0 spiro atoms. The van der Waals surface area contributed by atoms with Crippen LogP contribution >= 0.6 is 0 Å². The minimum Gasteiger partial charge on any atom is -0.251 e. The zero-order chi connectivity index (χ0) is 11.5. The van der Waals surface area contributed by atoms with Crippen molar-refractivity contribution in [3.63, 3.8) is 0 Å². The molecule has 0 bridgehead atoms. The molecule has 0 heterocycles. The molecule has 0 N–H and O–H groups in total. The van der Waals surface area contributed by atoms with E-state index in [9.17, 15) is 21.8 Å². The Bertz CT molecular complexity index is 336. The van der Waals surface area contributed by atoms with Crippen LogP contribution in [0, 0.1) is 0 Å². The first-order chi connectivity index (χ1) is 6.90. The molecule has 2 unspecified atom stereocenters. The molecule has 0 amide bonds. The Kier molecular flexibility index (Phi) is 3.84. The Balaban J connectivity index is 2.70. The van der Waals surface area contributed by atoms with Crippen LogP contribution in [0.15, 0.2) is 35.2 Å². The molecule has 0 saturated carbocycles. The van der Waals surface area contributed by atoms with E-state index >= 15 is 0 Å². The zero-order valence-electron chi connectivity index (χ0n) is 7.50. The molecule has 0 aliphatic heterocycles. The van der Waals surface area contributed by atoms with E-state index in [-0.39, 0.29) is 4.90 Å². The van der Waals surface area contributed by atoms with Gasteiger partial charge in [-0.2, -0.15) is 13.2 Å². The second-order valence-corrected chi connectivity index (χ2v) is 4.42. The van der Waals surface area contributed by atoms with Crippen molar-refractivity contribution in [1.82, 2.24) is 0 Å². The predicted octanol–water partition coefficient (Wildman–Crippen LogP) is 3.04. The zero-order valence-corrected chi connectivity index (χ0v) is 8.32. The molecule has 84 valence electrons. The van der Waals surface area contributed by atoms with Crippen molar-refractivity contribution in [3.8, 4) is 0 Å². The van der Waals surface area contributed by atoms with Gasteiger partial charge in [-0.25, -0.2) is 4.39 Å². The minimum atomic E-state index is -4.64. The summed E-state index contributed by atoms with van der Waals surface area (Å²) in [7, 11) is -2.26. The summed E-state index contributed by atoms with van der Waals surface area (Å²) >= 11 is 0. The first-order valence-corrected chi connectivity index (χ1v) is 5.28. The predicted molar refractivity (Wildman–Crippen MR) is 48.4 cm³/mol. The van der Waals surface area contributed by atoms with E-state index in [1.54, 1.807) is 6.07 Å². The molecule has 1 aromatic rings. The third-order valence-electron chi connectivity index (χ3n) is 1.60. The quantitative estimate of drug-likeness (QED) is 0.742. The van der Waals surface area contributed by atoms with Crippen LogP contribution in [0.3, 0.4) is 0 Å². The van der Waals surface area contributed by atoms with E-state index in [0.717, 1.165) is 0 Å². The van der Waals surface area contributed by atoms with Gasteiger partial charge in [-0.15, -0.1) is 0 Å². The van der Waals surface area contributed by atoms with Gasteiger partial charge in [-0.05, 0) is 12.1 Å². The number of hydrogen-bond donors (Lipinski definition) is 0. The minimum absolute atomic E-state index is 0.0641. The van der Waals surface area contributed by atoms with Gasteiger partial charge in [0.05, 0.1) is 17.2 Å². The van der Waals surface area contributed by atoms with Crippen molar-refractivity contribution in [2.45, 2.75) is 23.0 Å². The lowest BCUT2D eigenvalue weighted by molar-refractivity contribution is -0.139. The van der Waals surface area contributed by atoms with Crippen molar-refractivity contribution in [2.75, 3.05) is 0 Å². The van der Waals surface area contributed by atoms with Gasteiger partial charge < -0.3 is 0 Å². The Hall–Kier alpha value is -0.910. The fourth-order valence-corrected chi connectivity index (χ4v) is 2.02. The van der Waals surface area contributed by atoms with Crippen LogP contribution < -0.4 is 0 Å². The van der Waals surface area contributed by atoms with Crippen molar-refractivity contribution in [3.05, 3.63) is 30.3 Å². The van der Waals surface area contributed by atoms with E-state index < -0.39 is 28.9 Å². The summed E-state index contributed by atoms with van der Waals surface area (Å²) in [6, 6.07) is 7.26. The number of rotatable bonds is 3. The van der Waals surface area contributed by atoms with Crippen molar-refractivity contribution in [1.29, 1.82) is 0 Å². The van der Waals surface area contributed by atoms with Crippen LogP contribution in [-0.2, 0) is 10.8 Å². The van der Waals surface area contributed by atoms with Gasteiger partial charge in [0.2, 0.25) is 0 Å².